The maximum Gasteiger partial charge on any atom is 0.251 e. The molecule has 2 heterocycles. The van der Waals surface area contributed by atoms with Crippen molar-refractivity contribution in [2.24, 2.45) is 5.73 Å². The minimum absolute atomic E-state index is 0.211. The Hall–Kier alpha value is -1.69. The number of aromatic nitrogens is 2. The quantitative estimate of drug-likeness (QED) is 0.837. The van der Waals surface area contributed by atoms with E-state index >= 15 is 0 Å². The van der Waals surface area contributed by atoms with E-state index in [1.165, 1.54) is 0 Å². The third-order valence-electron chi connectivity index (χ3n) is 4.05. The molecule has 1 aliphatic carbocycles. The van der Waals surface area contributed by atoms with Crippen molar-refractivity contribution >= 4 is 11.7 Å². The lowest BCUT2D eigenvalue weighted by Gasteiger charge is -2.37. The number of primary amides is 1. The number of anilines is 1. The average Bonchev–Trinajstić information content (AvgIpc) is 3.22. The van der Waals surface area contributed by atoms with Crippen molar-refractivity contribution < 1.29 is 9.90 Å². The van der Waals surface area contributed by atoms with Crippen LogP contribution in [0.2, 0.25) is 0 Å². The maximum atomic E-state index is 11.4. The normalized spacial score (nSPS) is 26.6. The van der Waals surface area contributed by atoms with Crippen LogP contribution >= 0.6 is 0 Å². The van der Waals surface area contributed by atoms with Crippen LogP contribution in [0, 0.1) is 6.92 Å². The predicted octanol–water partition coefficient (Wildman–Crippen LogP) is 0.479. The van der Waals surface area contributed by atoms with Gasteiger partial charge in [0.15, 0.2) is 5.60 Å². The molecule has 0 radical (unpaired) electrons. The highest BCUT2D eigenvalue weighted by atomic mass is 16.3. The van der Waals surface area contributed by atoms with E-state index in [0.717, 1.165) is 43.1 Å². The number of piperidine rings is 1. The molecule has 1 amide bonds. The molecule has 2 aliphatic rings. The van der Waals surface area contributed by atoms with Crippen LogP contribution in [0.4, 0.5) is 5.82 Å². The first-order valence-corrected chi connectivity index (χ1v) is 7.11. The first-order valence-electron chi connectivity index (χ1n) is 7.11. The fourth-order valence-corrected chi connectivity index (χ4v) is 2.69. The van der Waals surface area contributed by atoms with Gasteiger partial charge in [-0.05, 0) is 32.6 Å². The summed E-state index contributed by atoms with van der Waals surface area (Å²) >= 11 is 0. The Morgan fingerprint density at radius 1 is 1.50 bits per heavy atom. The molecule has 20 heavy (non-hydrogen) atoms. The molecule has 2 fully saturated rings. The van der Waals surface area contributed by atoms with Crippen molar-refractivity contribution in [2.75, 3.05) is 18.0 Å². The van der Waals surface area contributed by atoms with Crippen molar-refractivity contribution in [1.29, 1.82) is 0 Å². The summed E-state index contributed by atoms with van der Waals surface area (Å²) in [6.45, 7) is 2.93. The number of nitrogens with two attached hydrogens (primary N) is 1. The van der Waals surface area contributed by atoms with Gasteiger partial charge in [-0.3, -0.25) is 4.79 Å². The van der Waals surface area contributed by atoms with Crippen LogP contribution in [0.5, 0.6) is 0 Å². The second-order valence-corrected chi connectivity index (χ2v) is 5.92. The lowest BCUT2D eigenvalue weighted by atomic mass is 9.92. The second kappa shape index (κ2) is 4.70. The summed E-state index contributed by atoms with van der Waals surface area (Å²) in [6.07, 6.45) is 3.43. The van der Waals surface area contributed by atoms with E-state index in [4.69, 9.17) is 5.73 Å². The van der Waals surface area contributed by atoms with Gasteiger partial charge in [0.05, 0.1) is 6.54 Å². The Kier molecular flexibility index (Phi) is 3.12. The summed E-state index contributed by atoms with van der Waals surface area (Å²) < 4.78 is 0. The summed E-state index contributed by atoms with van der Waals surface area (Å²) in [5.41, 5.74) is 4.79. The molecule has 0 unspecified atom stereocenters. The third kappa shape index (κ3) is 2.47. The first kappa shape index (κ1) is 13.3. The van der Waals surface area contributed by atoms with E-state index in [2.05, 4.69) is 9.97 Å². The number of aryl methyl sites for hydroxylation is 1. The SMILES string of the molecule is Cc1cc(N2CCC[C@@](O)(C(N)=O)C2)nc(C2CC2)n1. The number of nitrogens with zero attached hydrogens (tertiary/aromatic N) is 3. The number of hydrogen-bond acceptors (Lipinski definition) is 5. The molecule has 1 saturated heterocycles. The van der Waals surface area contributed by atoms with Crippen LogP contribution in [-0.2, 0) is 4.79 Å². The number of rotatable bonds is 3. The zero-order chi connectivity index (χ0) is 14.3. The molecule has 1 aromatic rings. The van der Waals surface area contributed by atoms with E-state index in [1.807, 2.05) is 17.9 Å². The van der Waals surface area contributed by atoms with E-state index < -0.39 is 11.5 Å². The lowest BCUT2D eigenvalue weighted by molar-refractivity contribution is -0.137. The number of hydrogen-bond donors (Lipinski definition) is 2. The van der Waals surface area contributed by atoms with Gasteiger partial charge in [-0.15, -0.1) is 0 Å². The van der Waals surface area contributed by atoms with Gasteiger partial charge < -0.3 is 15.7 Å². The van der Waals surface area contributed by atoms with Gasteiger partial charge >= 0.3 is 0 Å². The molecular weight excluding hydrogens is 256 g/mol. The lowest BCUT2D eigenvalue weighted by Crippen LogP contribution is -2.56. The highest BCUT2D eigenvalue weighted by molar-refractivity contribution is 5.84. The van der Waals surface area contributed by atoms with Crippen molar-refractivity contribution in [3.05, 3.63) is 17.6 Å². The first-order chi connectivity index (χ1) is 9.48. The van der Waals surface area contributed by atoms with Gasteiger partial charge in [0, 0.05) is 24.2 Å². The summed E-state index contributed by atoms with van der Waals surface area (Å²) in [7, 11) is 0. The number of carbonyl (C=O) groups excluding carboxylic acids is 1. The molecule has 0 bridgehead atoms. The Morgan fingerprint density at radius 2 is 2.25 bits per heavy atom. The molecule has 3 rings (SSSR count). The largest absolute Gasteiger partial charge is 0.378 e. The highest BCUT2D eigenvalue weighted by Crippen LogP contribution is 2.39. The van der Waals surface area contributed by atoms with Gasteiger partial charge in [-0.25, -0.2) is 9.97 Å². The Bertz CT molecular complexity index is 544. The predicted molar refractivity (Wildman–Crippen MR) is 74.3 cm³/mol. The fraction of sp³-hybridized carbons (Fsp3) is 0.643. The maximum absolute atomic E-state index is 11.4. The van der Waals surface area contributed by atoms with Crippen LogP contribution in [0.15, 0.2) is 6.07 Å². The summed E-state index contributed by atoms with van der Waals surface area (Å²) in [5.74, 6) is 1.50. The summed E-state index contributed by atoms with van der Waals surface area (Å²) in [5, 5.41) is 10.3. The van der Waals surface area contributed by atoms with E-state index in [9.17, 15) is 9.90 Å². The van der Waals surface area contributed by atoms with E-state index in [0.29, 0.717) is 12.3 Å². The molecule has 0 aromatic carbocycles. The van der Waals surface area contributed by atoms with Crippen LogP contribution in [0.1, 0.15) is 43.1 Å². The molecule has 108 valence electrons. The number of aliphatic hydroxyl groups is 1. The van der Waals surface area contributed by atoms with Gasteiger partial charge in [0.2, 0.25) is 0 Å². The zero-order valence-electron chi connectivity index (χ0n) is 11.7. The number of β-amino-alcohol motifs (C(OH)–C–C–N with tert-alkyl or cyclic N) is 1. The molecular formula is C14H20N4O2. The van der Waals surface area contributed by atoms with Gasteiger partial charge in [0.1, 0.15) is 11.6 Å². The highest BCUT2D eigenvalue weighted by Gasteiger charge is 2.39. The molecule has 6 nitrogen and oxygen atoms in total. The van der Waals surface area contributed by atoms with Gasteiger partial charge in [0.25, 0.3) is 5.91 Å². The van der Waals surface area contributed by atoms with Crippen LogP contribution < -0.4 is 10.6 Å². The standard InChI is InChI=1S/C14H20N4O2/c1-9-7-11(17-12(16-9)10-3-4-10)18-6-2-5-14(20,8-18)13(15)19/h7,10,20H,2-6,8H2,1H3,(H2,15,19)/t14-/m0/s1. The molecule has 1 atom stereocenters. The van der Waals surface area contributed by atoms with Crippen LogP contribution in [0.25, 0.3) is 0 Å². The minimum atomic E-state index is -1.45. The van der Waals surface area contributed by atoms with Crippen molar-refractivity contribution in [2.45, 2.75) is 44.1 Å². The van der Waals surface area contributed by atoms with Crippen LogP contribution in [-0.4, -0.2) is 39.7 Å². The number of carbonyl (C=O) groups is 1. The van der Waals surface area contributed by atoms with Crippen molar-refractivity contribution in [1.82, 2.24) is 9.97 Å². The third-order valence-corrected chi connectivity index (χ3v) is 4.05. The Balaban J connectivity index is 1.86. The molecule has 1 aromatic heterocycles. The monoisotopic (exact) mass is 276 g/mol. The number of amides is 1. The second-order valence-electron chi connectivity index (χ2n) is 5.92. The Labute approximate surface area is 118 Å². The Morgan fingerprint density at radius 3 is 2.90 bits per heavy atom. The van der Waals surface area contributed by atoms with Gasteiger partial charge in [-0.1, -0.05) is 0 Å². The van der Waals surface area contributed by atoms with Crippen molar-refractivity contribution in [3.8, 4) is 0 Å². The average molecular weight is 276 g/mol. The molecule has 1 saturated carbocycles. The van der Waals surface area contributed by atoms with E-state index in [-0.39, 0.29) is 6.54 Å². The molecule has 3 N–H and O–H groups in total. The minimum Gasteiger partial charge on any atom is -0.378 e. The fourth-order valence-electron chi connectivity index (χ4n) is 2.69. The molecule has 0 spiro atoms. The smallest absolute Gasteiger partial charge is 0.251 e. The van der Waals surface area contributed by atoms with Crippen molar-refractivity contribution in [3.63, 3.8) is 0 Å². The molecule has 1 aliphatic heterocycles. The summed E-state index contributed by atoms with van der Waals surface area (Å²) in [4.78, 5) is 22.4. The topological polar surface area (TPSA) is 92.3 Å². The van der Waals surface area contributed by atoms with E-state index in [1.54, 1.807) is 0 Å². The zero-order valence-corrected chi connectivity index (χ0v) is 11.7. The molecule has 6 heteroatoms. The van der Waals surface area contributed by atoms with Gasteiger partial charge in [-0.2, -0.15) is 0 Å². The van der Waals surface area contributed by atoms with Crippen LogP contribution in [0.3, 0.4) is 0 Å². The summed E-state index contributed by atoms with van der Waals surface area (Å²) in [6, 6.07) is 1.90.